The normalized spacial score (nSPS) is 12.2. The second-order valence-electron chi connectivity index (χ2n) is 8.11. The predicted molar refractivity (Wildman–Crippen MR) is 121 cm³/mol. The third-order valence-corrected chi connectivity index (χ3v) is 6.49. The van der Waals surface area contributed by atoms with Gasteiger partial charge in [0.15, 0.2) is 0 Å². The molecule has 1 aromatic carbocycles. The third kappa shape index (κ3) is 6.49. The van der Waals surface area contributed by atoms with Crippen LogP contribution in [-0.4, -0.2) is 60.2 Å². The topological polar surface area (TPSA) is 114 Å². The lowest BCUT2D eigenvalue weighted by Crippen LogP contribution is -2.42. The molecule has 0 bridgehead atoms. The van der Waals surface area contributed by atoms with Gasteiger partial charge in [-0.3, -0.25) is 19.7 Å². The summed E-state index contributed by atoms with van der Waals surface area (Å²) in [4.78, 5) is 14.8. The Bertz CT molecular complexity index is 995. The molecule has 0 radical (unpaired) electrons. The standard InChI is InChI=1S/C20H32N6O4S/c1-15(2)25(16(3)4)10-9-22-31(29,30)18-7-8-19(20(11-18)26(27)28)23(5)13-17-12-21-24(6)14-17/h7-8,11-12,14-16,22H,9-10,13H2,1-6H3. The molecule has 0 atom stereocenters. The summed E-state index contributed by atoms with van der Waals surface area (Å²) in [6.45, 7) is 9.38. The van der Waals surface area contributed by atoms with Gasteiger partial charge in [-0.05, 0) is 39.8 Å². The van der Waals surface area contributed by atoms with E-state index in [1.54, 1.807) is 29.9 Å². The molecule has 0 spiro atoms. The molecule has 0 aliphatic rings. The highest BCUT2D eigenvalue weighted by atomic mass is 32.2. The van der Waals surface area contributed by atoms with Gasteiger partial charge in [-0.15, -0.1) is 0 Å². The van der Waals surface area contributed by atoms with Gasteiger partial charge in [0.25, 0.3) is 5.69 Å². The summed E-state index contributed by atoms with van der Waals surface area (Å²) in [7, 11) is -0.366. The highest BCUT2D eigenvalue weighted by Crippen LogP contribution is 2.31. The second kappa shape index (κ2) is 10.2. The van der Waals surface area contributed by atoms with Crippen LogP contribution in [-0.2, 0) is 23.6 Å². The second-order valence-corrected chi connectivity index (χ2v) is 9.88. The van der Waals surface area contributed by atoms with Gasteiger partial charge >= 0.3 is 0 Å². The van der Waals surface area contributed by atoms with E-state index in [1.807, 2.05) is 6.20 Å². The van der Waals surface area contributed by atoms with Gasteiger partial charge in [0.05, 0.1) is 16.0 Å². The number of nitro groups is 1. The molecule has 11 heteroatoms. The van der Waals surface area contributed by atoms with Crippen molar-refractivity contribution in [3.8, 4) is 0 Å². The quantitative estimate of drug-likeness (QED) is 0.411. The predicted octanol–water partition coefficient (Wildman–Crippen LogP) is 2.36. The molecule has 1 N–H and O–H groups in total. The maximum Gasteiger partial charge on any atom is 0.293 e. The summed E-state index contributed by atoms with van der Waals surface area (Å²) in [5.74, 6) is 0. The molecule has 31 heavy (non-hydrogen) atoms. The smallest absolute Gasteiger partial charge is 0.293 e. The summed E-state index contributed by atoms with van der Waals surface area (Å²) in [5, 5.41) is 15.8. The Labute approximate surface area is 184 Å². The van der Waals surface area contributed by atoms with Crippen molar-refractivity contribution in [2.75, 3.05) is 25.0 Å². The van der Waals surface area contributed by atoms with Gasteiger partial charge in [-0.1, -0.05) is 0 Å². The Balaban J connectivity index is 2.19. The van der Waals surface area contributed by atoms with Crippen molar-refractivity contribution >= 4 is 21.4 Å². The van der Waals surface area contributed by atoms with Crippen LogP contribution in [0.4, 0.5) is 11.4 Å². The average molecular weight is 453 g/mol. The Kier molecular flexibility index (Phi) is 8.15. The number of aromatic nitrogens is 2. The third-order valence-electron chi connectivity index (χ3n) is 5.03. The van der Waals surface area contributed by atoms with Gasteiger partial charge in [-0.25, -0.2) is 13.1 Å². The number of rotatable bonds is 11. The van der Waals surface area contributed by atoms with E-state index in [-0.39, 0.29) is 29.2 Å². The van der Waals surface area contributed by atoms with Crippen LogP contribution in [0.1, 0.15) is 33.3 Å². The van der Waals surface area contributed by atoms with Crippen LogP contribution in [0.15, 0.2) is 35.5 Å². The molecular weight excluding hydrogens is 420 g/mol. The van der Waals surface area contributed by atoms with Crippen LogP contribution < -0.4 is 9.62 Å². The van der Waals surface area contributed by atoms with E-state index in [9.17, 15) is 18.5 Å². The molecule has 0 saturated heterocycles. The number of anilines is 1. The monoisotopic (exact) mass is 452 g/mol. The number of benzene rings is 1. The van der Waals surface area contributed by atoms with Crippen LogP contribution in [0.2, 0.25) is 0 Å². The number of aryl methyl sites for hydroxylation is 1. The van der Waals surface area contributed by atoms with Gasteiger partial charge in [0, 0.05) is 63.6 Å². The maximum atomic E-state index is 12.7. The maximum absolute atomic E-state index is 12.7. The van der Waals surface area contributed by atoms with Crippen molar-refractivity contribution in [2.45, 2.75) is 51.2 Å². The lowest BCUT2D eigenvalue weighted by molar-refractivity contribution is -0.384. The van der Waals surface area contributed by atoms with E-state index < -0.39 is 14.9 Å². The minimum absolute atomic E-state index is 0.127. The first-order valence-electron chi connectivity index (χ1n) is 10.1. The Morgan fingerprint density at radius 1 is 1.23 bits per heavy atom. The van der Waals surface area contributed by atoms with Crippen molar-refractivity contribution in [1.82, 2.24) is 19.4 Å². The van der Waals surface area contributed by atoms with Crippen LogP contribution in [0.3, 0.4) is 0 Å². The highest BCUT2D eigenvalue weighted by molar-refractivity contribution is 7.89. The molecule has 0 saturated carbocycles. The zero-order chi connectivity index (χ0) is 23.3. The highest BCUT2D eigenvalue weighted by Gasteiger charge is 2.24. The van der Waals surface area contributed by atoms with Crippen molar-refractivity contribution in [3.63, 3.8) is 0 Å². The van der Waals surface area contributed by atoms with Crippen molar-refractivity contribution < 1.29 is 13.3 Å². The summed E-state index contributed by atoms with van der Waals surface area (Å²) < 4.78 is 29.7. The number of nitrogens with zero attached hydrogens (tertiary/aromatic N) is 5. The number of hydrogen-bond donors (Lipinski definition) is 1. The van der Waals surface area contributed by atoms with Gasteiger partial charge < -0.3 is 4.90 Å². The fourth-order valence-corrected chi connectivity index (χ4v) is 4.60. The lowest BCUT2D eigenvalue weighted by atomic mass is 10.2. The van der Waals surface area contributed by atoms with Crippen LogP contribution in [0.5, 0.6) is 0 Å². The molecule has 0 amide bonds. The zero-order valence-corrected chi connectivity index (χ0v) is 19.8. The number of hydrogen-bond acceptors (Lipinski definition) is 7. The summed E-state index contributed by atoms with van der Waals surface area (Å²) >= 11 is 0. The fourth-order valence-electron chi connectivity index (χ4n) is 3.56. The first kappa shape index (κ1) is 24.8. The van der Waals surface area contributed by atoms with E-state index in [1.165, 1.54) is 12.1 Å². The molecule has 0 fully saturated rings. The summed E-state index contributed by atoms with van der Waals surface area (Å²) in [6, 6.07) is 4.53. The Morgan fingerprint density at radius 3 is 2.39 bits per heavy atom. The minimum Gasteiger partial charge on any atom is -0.365 e. The molecular formula is C20H32N6O4S. The molecule has 10 nitrogen and oxygen atoms in total. The van der Waals surface area contributed by atoms with Gasteiger partial charge in [-0.2, -0.15) is 5.10 Å². The minimum atomic E-state index is -3.87. The van der Waals surface area contributed by atoms with Crippen molar-refractivity contribution in [2.24, 2.45) is 7.05 Å². The molecule has 1 aromatic heterocycles. The first-order chi connectivity index (χ1) is 14.4. The number of nitro benzene ring substituents is 1. The molecule has 2 rings (SSSR count). The summed E-state index contributed by atoms with van der Waals surface area (Å²) in [6.07, 6.45) is 3.51. The molecule has 1 heterocycles. The molecule has 2 aromatic rings. The van der Waals surface area contributed by atoms with E-state index in [2.05, 4.69) is 42.4 Å². The van der Waals surface area contributed by atoms with E-state index in [4.69, 9.17) is 0 Å². The molecule has 172 valence electrons. The van der Waals surface area contributed by atoms with E-state index in [0.29, 0.717) is 18.8 Å². The largest absolute Gasteiger partial charge is 0.365 e. The SMILES string of the molecule is CC(C)N(CCNS(=O)(=O)c1ccc(N(C)Cc2cnn(C)c2)c([N+](=O)[O-])c1)C(C)C. The van der Waals surface area contributed by atoms with Gasteiger partial charge in [0.2, 0.25) is 10.0 Å². The Morgan fingerprint density at radius 2 is 1.87 bits per heavy atom. The summed E-state index contributed by atoms with van der Waals surface area (Å²) in [5.41, 5.74) is 0.955. The van der Waals surface area contributed by atoms with Crippen LogP contribution in [0, 0.1) is 10.1 Å². The van der Waals surface area contributed by atoms with Crippen LogP contribution in [0.25, 0.3) is 0 Å². The molecule has 0 unspecified atom stereocenters. The molecule has 0 aliphatic carbocycles. The average Bonchev–Trinajstić information content (AvgIpc) is 3.08. The van der Waals surface area contributed by atoms with E-state index >= 15 is 0 Å². The van der Waals surface area contributed by atoms with E-state index in [0.717, 1.165) is 11.6 Å². The number of sulfonamides is 1. The van der Waals surface area contributed by atoms with Crippen LogP contribution >= 0.6 is 0 Å². The fraction of sp³-hybridized carbons (Fsp3) is 0.550. The first-order valence-corrected chi connectivity index (χ1v) is 11.6. The Hall–Kier alpha value is -2.50. The van der Waals surface area contributed by atoms with Crippen molar-refractivity contribution in [3.05, 3.63) is 46.3 Å². The van der Waals surface area contributed by atoms with Gasteiger partial charge in [0.1, 0.15) is 5.69 Å². The zero-order valence-electron chi connectivity index (χ0n) is 18.9. The number of nitrogens with one attached hydrogen (secondary N) is 1. The molecule has 0 aliphatic heterocycles. The lowest BCUT2D eigenvalue weighted by Gasteiger charge is -2.30. The van der Waals surface area contributed by atoms with Crippen molar-refractivity contribution in [1.29, 1.82) is 0 Å².